The van der Waals surface area contributed by atoms with Crippen molar-refractivity contribution in [1.82, 2.24) is 4.98 Å². The number of benzene rings is 2. The molecule has 5 heteroatoms. The molecule has 0 fully saturated rings. The minimum absolute atomic E-state index is 0.204. The summed E-state index contributed by atoms with van der Waals surface area (Å²) in [6.45, 7) is 0. The Balaban J connectivity index is 1.90. The molecule has 0 atom stereocenters. The molecule has 0 bridgehead atoms. The van der Waals surface area contributed by atoms with Gasteiger partial charge in [-0.1, -0.05) is 54.1 Å². The summed E-state index contributed by atoms with van der Waals surface area (Å²) in [5, 5.41) is 3.33. The number of aromatic nitrogens is 1. The van der Waals surface area contributed by atoms with Gasteiger partial charge in [0.15, 0.2) is 0 Å². The van der Waals surface area contributed by atoms with Crippen LogP contribution >= 0.6 is 22.9 Å². The third-order valence-electron chi connectivity index (χ3n) is 2.94. The van der Waals surface area contributed by atoms with Gasteiger partial charge < -0.3 is 5.32 Å². The van der Waals surface area contributed by atoms with Gasteiger partial charge in [0.25, 0.3) is 5.91 Å². The van der Waals surface area contributed by atoms with Crippen molar-refractivity contribution < 1.29 is 4.79 Å². The molecule has 0 saturated heterocycles. The zero-order valence-corrected chi connectivity index (χ0v) is 12.5. The Kier molecular flexibility index (Phi) is 3.99. The number of hydrogen-bond acceptors (Lipinski definition) is 3. The van der Waals surface area contributed by atoms with E-state index in [1.54, 1.807) is 17.6 Å². The molecule has 0 spiro atoms. The van der Waals surface area contributed by atoms with Crippen LogP contribution in [0.4, 0.5) is 5.69 Å². The fraction of sp³-hybridized carbons (Fsp3) is 0. The summed E-state index contributed by atoms with van der Waals surface area (Å²) in [6, 6.07) is 16.8. The number of para-hydroxylation sites is 1. The maximum Gasteiger partial charge on any atom is 0.268 e. The normalized spacial score (nSPS) is 10.3. The molecular formula is C16H11ClN2OS. The third kappa shape index (κ3) is 2.96. The van der Waals surface area contributed by atoms with E-state index in [1.165, 1.54) is 11.3 Å². The first-order valence-electron chi connectivity index (χ1n) is 6.30. The molecule has 3 rings (SSSR count). The Hall–Kier alpha value is -2.17. The lowest BCUT2D eigenvalue weighted by Gasteiger charge is -2.07. The van der Waals surface area contributed by atoms with Gasteiger partial charge in [-0.25, -0.2) is 4.98 Å². The van der Waals surface area contributed by atoms with E-state index in [2.05, 4.69) is 10.3 Å². The van der Waals surface area contributed by atoms with Gasteiger partial charge in [0.1, 0.15) is 4.88 Å². The Bertz CT molecular complexity index is 771. The Labute approximate surface area is 131 Å². The summed E-state index contributed by atoms with van der Waals surface area (Å²) in [5.74, 6) is -0.204. The van der Waals surface area contributed by atoms with E-state index in [0.717, 1.165) is 5.56 Å². The van der Waals surface area contributed by atoms with E-state index in [4.69, 9.17) is 11.6 Å². The van der Waals surface area contributed by atoms with Gasteiger partial charge in [-0.2, -0.15) is 0 Å². The summed E-state index contributed by atoms with van der Waals surface area (Å²) in [7, 11) is 0. The van der Waals surface area contributed by atoms with Crippen molar-refractivity contribution in [1.29, 1.82) is 0 Å². The quantitative estimate of drug-likeness (QED) is 0.760. The monoisotopic (exact) mass is 314 g/mol. The third-order valence-corrected chi connectivity index (χ3v) is 4.10. The summed E-state index contributed by atoms with van der Waals surface area (Å²) < 4.78 is 0. The van der Waals surface area contributed by atoms with Crippen LogP contribution in [-0.4, -0.2) is 10.9 Å². The number of thiazole rings is 1. The Morgan fingerprint density at radius 2 is 1.76 bits per heavy atom. The molecule has 3 aromatic rings. The van der Waals surface area contributed by atoms with Gasteiger partial charge in [0.05, 0.1) is 21.9 Å². The van der Waals surface area contributed by atoms with Crippen molar-refractivity contribution >= 4 is 34.5 Å². The van der Waals surface area contributed by atoms with Crippen LogP contribution in [0.25, 0.3) is 11.3 Å². The second-order valence-electron chi connectivity index (χ2n) is 4.33. The number of carbonyl (C=O) groups is 1. The second kappa shape index (κ2) is 6.08. The molecule has 1 heterocycles. The average Bonchev–Trinajstić information content (AvgIpc) is 3.00. The number of rotatable bonds is 3. The molecule has 0 aliphatic carbocycles. The van der Waals surface area contributed by atoms with E-state index in [9.17, 15) is 4.79 Å². The predicted molar refractivity (Wildman–Crippen MR) is 87.0 cm³/mol. The maximum absolute atomic E-state index is 12.4. The molecule has 104 valence electrons. The topological polar surface area (TPSA) is 42.0 Å². The lowest BCUT2D eigenvalue weighted by atomic mass is 10.1. The molecule has 0 aliphatic heterocycles. The van der Waals surface area contributed by atoms with E-state index in [-0.39, 0.29) is 5.91 Å². The van der Waals surface area contributed by atoms with Crippen molar-refractivity contribution in [2.45, 2.75) is 0 Å². The van der Waals surface area contributed by atoms with Crippen molar-refractivity contribution in [3.63, 3.8) is 0 Å². The molecule has 2 aromatic carbocycles. The fourth-order valence-electron chi connectivity index (χ4n) is 1.95. The van der Waals surface area contributed by atoms with Crippen LogP contribution in [0.1, 0.15) is 9.67 Å². The van der Waals surface area contributed by atoms with Crippen LogP contribution in [-0.2, 0) is 0 Å². The van der Waals surface area contributed by atoms with Gasteiger partial charge >= 0.3 is 0 Å². The highest BCUT2D eigenvalue weighted by Crippen LogP contribution is 2.27. The van der Waals surface area contributed by atoms with E-state index in [1.807, 2.05) is 42.5 Å². The molecule has 0 radical (unpaired) electrons. The second-order valence-corrected chi connectivity index (χ2v) is 5.59. The van der Waals surface area contributed by atoms with Crippen LogP contribution in [0.2, 0.25) is 5.02 Å². The first-order chi connectivity index (χ1) is 10.3. The van der Waals surface area contributed by atoms with Crippen LogP contribution < -0.4 is 5.32 Å². The molecule has 1 N–H and O–H groups in total. The minimum atomic E-state index is -0.204. The Morgan fingerprint density at radius 3 is 2.52 bits per heavy atom. The molecular weight excluding hydrogens is 304 g/mol. The van der Waals surface area contributed by atoms with Gasteiger partial charge in [-0.15, -0.1) is 11.3 Å². The number of carbonyl (C=O) groups excluding carboxylic acids is 1. The van der Waals surface area contributed by atoms with E-state index in [0.29, 0.717) is 21.3 Å². The van der Waals surface area contributed by atoms with Gasteiger partial charge in [0.2, 0.25) is 0 Å². The van der Waals surface area contributed by atoms with Crippen LogP contribution in [0.15, 0.2) is 60.1 Å². The highest BCUT2D eigenvalue weighted by atomic mass is 35.5. The molecule has 21 heavy (non-hydrogen) atoms. The number of halogens is 1. The highest BCUT2D eigenvalue weighted by Gasteiger charge is 2.16. The maximum atomic E-state index is 12.4. The van der Waals surface area contributed by atoms with Crippen LogP contribution in [0, 0.1) is 0 Å². The van der Waals surface area contributed by atoms with E-state index >= 15 is 0 Å². The first kappa shape index (κ1) is 13.8. The molecule has 0 unspecified atom stereocenters. The minimum Gasteiger partial charge on any atom is -0.320 e. The smallest absolute Gasteiger partial charge is 0.268 e. The predicted octanol–water partition coefficient (Wildman–Crippen LogP) is 4.72. The summed E-state index contributed by atoms with van der Waals surface area (Å²) in [4.78, 5) is 17.3. The molecule has 0 aliphatic rings. The average molecular weight is 315 g/mol. The van der Waals surface area contributed by atoms with Crippen LogP contribution in [0.3, 0.4) is 0 Å². The molecule has 0 saturated carbocycles. The summed E-state index contributed by atoms with van der Waals surface area (Å²) in [5.41, 5.74) is 3.87. The number of amides is 1. The largest absolute Gasteiger partial charge is 0.320 e. The number of nitrogens with zero attached hydrogens (tertiary/aromatic N) is 1. The zero-order chi connectivity index (χ0) is 14.7. The van der Waals surface area contributed by atoms with Crippen molar-refractivity contribution in [3.05, 3.63) is 70.0 Å². The van der Waals surface area contributed by atoms with Crippen LogP contribution in [0.5, 0.6) is 0 Å². The Morgan fingerprint density at radius 1 is 1.05 bits per heavy atom. The van der Waals surface area contributed by atoms with Gasteiger partial charge in [0, 0.05) is 5.56 Å². The standard InChI is InChI=1S/C16H11ClN2OS/c17-12-8-4-5-9-13(12)19-16(20)15-14(18-10-21-15)11-6-2-1-3-7-11/h1-10H,(H,19,20). The highest BCUT2D eigenvalue weighted by molar-refractivity contribution is 7.12. The van der Waals surface area contributed by atoms with Gasteiger partial charge in [-0.05, 0) is 12.1 Å². The number of anilines is 1. The van der Waals surface area contributed by atoms with E-state index < -0.39 is 0 Å². The number of hydrogen-bond donors (Lipinski definition) is 1. The SMILES string of the molecule is O=C(Nc1ccccc1Cl)c1scnc1-c1ccccc1. The fourth-order valence-corrected chi connectivity index (χ4v) is 2.84. The van der Waals surface area contributed by atoms with Crippen molar-refractivity contribution in [2.24, 2.45) is 0 Å². The lowest BCUT2D eigenvalue weighted by Crippen LogP contribution is -2.11. The molecule has 3 nitrogen and oxygen atoms in total. The lowest BCUT2D eigenvalue weighted by molar-refractivity contribution is 0.103. The molecule has 1 aromatic heterocycles. The summed E-state index contributed by atoms with van der Waals surface area (Å²) >= 11 is 7.37. The number of nitrogens with one attached hydrogen (secondary N) is 1. The molecule has 1 amide bonds. The van der Waals surface area contributed by atoms with Crippen molar-refractivity contribution in [2.75, 3.05) is 5.32 Å². The zero-order valence-electron chi connectivity index (χ0n) is 10.9. The van der Waals surface area contributed by atoms with Crippen molar-refractivity contribution in [3.8, 4) is 11.3 Å². The first-order valence-corrected chi connectivity index (χ1v) is 7.56. The summed E-state index contributed by atoms with van der Waals surface area (Å²) in [6.07, 6.45) is 0. The van der Waals surface area contributed by atoms with Gasteiger partial charge in [-0.3, -0.25) is 4.79 Å².